The van der Waals surface area contributed by atoms with Gasteiger partial charge in [0.25, 0.3) is 0 Å². The lowest BCUT2D eigenvalue weighted by Crippen LogP contribution is -2.26. The molecule has 1 N–H and O–H groups in total. The Labute approximate surface area is 113 Å². The molecule has 1 fully saturated rings. The van der Waals surface area contributed by atoms with Gasteiger partial charge in [-0.15, -0.1) is 0 Å². The van der Waals surface area contributed by atoms with Gasteiger partial charge < -0.3 is 10.1 Å². The molecule has 2 heterocycles. The Morgan fingerprint density at radius 1 is 1.05 bits per heavy atom. The Kier molecular flexibility index (Phi) is 3.75. The van der Waals surface area contributed by atoms with Crippen LogP contribution in [-0.4, -0.2) is 11.5 Å². The highest BCUT2D eigenvalue weighted by Gasteiger charge is 2.14. The maximum atomic E-state index is 5.69. The van der Waals surface area contributed by atoms with Crippen LogP contribution in [0.2, 0.25) is 0 Å². The molecule has 0 amide bonds. The van der Waals surface area contributed by atoms with Crippen LogP contribution in [0.5, 0.6) is 11.6 Å². The van der Waals surface area contributed by atoms with E-state index in [9.17, 15) is 0 Å². The molecule has 1 aliphatic rings. The number of nitrogens with zero attached hydrogens (tertiary/aromatic N) is 1. The van der Waals surface area contributed by atoms with Gasteiger partial charge in [0.1, 0.15) is 5.75 Å². The second-order valence-corrected chi connectivity index (χ2v) is 4.85. The predicted molar refractivity (Wildman–Crippen MR) is 75.3 cm³/mol. The second kappa shape index (κ2) is 5.85. The highest BCUT2D eigenvalue weighted by atomic mass is 16.5. The van der Waals surface area contributed by atoms with Crippen LogP contribution in [0, 0.1) is 0 Å². The number of rotatable bonds is 3. The maximum Gasteiger partial charge on any atom is 0.219 e. The van der Waals surface area contributed by atoms with Gasteiger partial charge in [0, 0.05) is 18.3 Å². The van der Waals surface area contributed by atoms with Crippen molar-refractivity contribution in [3.8, 4) is 11.6 Å². The van der Waals surface area contributed by atoms with E-state index in [1.807, 2.05) is 42.6 Å². The molecule has 19 heavy (non-hydrogen) atoms. The molecule has 1 atom stereocenters. The van der Waals surface area contributed by atoms with Crippen molar-refractivity contribution in [1.82, 2.24) is 10.3 Å². The summed E-state index contributed by atoms with van der Waals surface area (Å²) in [6.07, 6.45) is 5.68. The maximum absolute atomic E-state index is 5.69. The third-order valence-electron chi connectivity index (χ3n) is 3.44. The van der Waals surface area contributed by atoms with Crippen molar-refractivity contribution in [3.63, 3.8) is 0 Å². The number of hydrogen-bond acceptors (Lipinski definition) is 3. The molecule has 1 aromatic heterocycles. The number of benzene rings is 1. The van der Waals surface area contributed by atoms with Crippen molar-refractivity contribution >= 4 is 0 Å². The summed E-state index contributed by atoms with van der Waals surface area (Å²) in [7, 11) is 0. The molecule has 0 unspecified atom stereocenters. The van der Waals surface area contributed by atoms with Gasteiger partial charge in [-0.3, -0.25) is 0 Å². The molecule has 0 bridgehead atoms. The number of piperidine rings is 1. The van der Waals surface area contributed by atoms with Crippen molar-refractivity contribution in [2.24, 2.45) is 0 Å². The van der Waals surface area contributed by atoms with Crippen LogP contribution in [0.3, 0.4) is 0 Å². The standard InChI is InChI=1S/C16H18N2O/c1-2-6-14(7-3-1)19-16-10-9-13(12-18-16)15-8-4-5-11-17-15/h1-3,6-7,9-10,12,15,17H,4-5,8,11H2/t15-/m1/s1. The minimum absolute atomic E-state index is 0.451. The smallest absolute Gasteiger partial charge is 0.219 e. The monoisotopic (exact) mass is 254 g/mol. The van der Waals surface area contributed by atoms with Gasteiger partial charge in [0.15, 0.2) is 0 Å². The molecule has 3 heteroatoms. The molecule has 3 rings (SSSR count). The van der Waals surface area contributed by atoms with Crippen molar-refractivity contribution in [2.75, 3.05) is 6.54 Å². The molecule has 1 saturated heterocycles. The van der Waals surface area contributed by atoms with Crippen LogP contribution in [0.4, 0.5) is 0 Å². The van der Waals surface area contributed by atoms with E-state index < -0.39 is 0 Å². The van der Waals surface area contributed by atoms with E-state index in [0.29, 0.717) is 11.9 Å². The van der Waals surface area contributed by atoms with Crippen LogP contribution in [0.25, 0.3) is 0 Å². The first-order chi connectivity index (χ1) is 9.42. The zero-order chi connectivity index (χ0) is 12.9. The van der Waals surface area contributed by atoms with E-state index in [4.69, 9.17) is 4.74 Å². The highest BCUT2D eigenvalue weighted by molar-refractivity contribution is 5.28. The summed E-state index contributed by atoms with van der Waals surface area (Å²) in [5.74, 6) is 1.46. The van der Waals surface area contributed by atoms with E-state index in [1.165, 1.54) is 24.8 Å². The third-order valence-corrected chi connectivity index (χ3v) is 3.44. The van der Waals surface area contributed by atoms with Crippen LogP contribution in [0.1, 0.15) is 30.9 Å². The molecule has 0 radical (unpaired) electrons. The summed E-state index contributed by atoms with van der Waals surface area (Å²) in [6.45, 7) is 1.10. The van der Waals surface area contributed by atoms with Gasteiger partial charge in [0.2, 0.25) is 5.88 Å². The van der Waals surface area contributed by atoms with Crippen LogP contribution in [-0.2, 0) is 0 Å². The molecule has 1 aromatic carbocycles. The van der Waals surface area contributed by atoms with Crippen LogP contribution >= 0.6 is 0 Å². The molecule has 98 valence electrons. The summed E-state index contributed by atoms with van der Waals surface area (Å²) < 4.78 is 5.69. The number of ether oxygens (including phenoxy) is 1. The average molecular weight is 254 g/mol. The van der Waals surface area contributed by atoms with E-state index in [1.54, 1.807) is 0 Å². The first-order valence-corrected chi connectivity index (χ1v) is 6.84. The fourth-order valence-electron chi connectivity index (χ4n) is 2.40. The minimum Gasteiger partial charge on any atom is -0.439 e. The Morgan fingerprint density at radius 3 is 2.63 bits per heavy atom. The van der Waals surface area contributed by atoms with Gasteiger partial charge in [-0.1, -0.05) is 30.7 Å². The van der Waals surface area contributed by atoms with Crippen LogP contribution < -0.4 is 10.1 Å². The van der Waals surface area contributed by atoms with Crippen LogP contribution in [0.15, 0.2) is 48.7 Å². The van der Waals surface area contributed by atoms with Crippen molar-refractivity contribution < 1.29 is 4.74 Å². The summed E-state index contributed by atoms with van der Waals surface area (Å²) in [5.41, 5.74) is 1.25. The summed E-state index contributed by atoms with van der Waals surface area (Å²) in [6, 6.07) is 14.2. The Morgan fingerprint density at radius 2 is 1.95 bits per heavy atom. The predicted octanol–water partition coefficient (Wildman–Crippen LogP) is 3.69. The second-order valence-electron chi connectivity index (χ2n) is 4.85. The van der Waals surface area contributed by atoms with Crippen molar-refractivity contribution in [3.05, 3.63) is 54.2 Å². The van der Waals surface area contributed by atoms with E-state index in [-0.39, 0.29) is 0 Å². The van der Waals surface area contributed by atoms with Gasteiger partial charge in [0.05, 0.1) is 0 Å². The lowest BCUT2D eigenvalue weighted by atomic mass is 9.99. The van der Waals surface area contributed by atoms with E-state index >= 15 is 0 Å². The van der Waals surface area contributed by atoms with Crippen molar-refractivity contribution in [1.29, 1.82) is 0 Å². The fourth-order valence-corrected chi connectivity index (χ4v) is 2.40. The quantitative estimate of drug-likeness (QED) is 0.907. The SMILES string of the molecule is c1ccc(Oc2ccc([C@H]3CCCCN3)cn2)cc1. The molecular weight excluding hydrogens is 236 g/mol. The Hall–Kier alpha value is -1.87. The first-order valence-electron chi connectivity index (χ1n) is 6.84. The Balaban J connectivity index is 1.68. The third kappa shape index (κ3) is 3.12. The fraction of sp³-hybridized carbons (Fsp3) is 0.312. The normalized spacial score (nSPS) is 19.1. The summed E-state index contributed by atoms with van der Waals surface area (Å²) >= 11 is 0. The number of aromatic nitrogens is 1. The number of pyridine rings is 1. The lowest BCUT2D eigenvalue weighted by Gasteiger charge is -2.23. The van der Waals surface area contributed by atoms with E-state index in [2.05, 4.69) is 16.4 Å². The Bertz CT molecular complexity index is 504. The zero-order valence-electron chi connectivity index (χ0n) is 10.9. The molecule has 1 aliphatic heterocycles. The number of para-hydroxylation sites is 1. The van der Waals surface area contributed by atoms with Crippen molar-refractivity contribution in [2.45, 2.75) is 25.3 Å². The molecule has 0 aliphatic carbocycles. The van der Waals surface area contributed by atoms with Gasteiger partial charge >= 0.3 is 0 Å². The molecule has 3 nitrogen and oxygen atoms in total. The summed E-state index contributed by atoms with van der Waals surface area (Å²) in [5, 5.41) is 3.52. The highest BCUT2D eigenvalue weighted by Crippen LogP contribution is 2.24. The number of hydrogen-bond donors (Lipinski definition) is 1. The van der Waals surface area contributed by atoms with Gasteiger partial charge in [-0.05, 0) is 37.1 Å². The van der Waals surface area contributed by atoms with E-state index in [0.717, 1.165) is 12.3 Å². The average Bonchev–Trinajstić information content (AvgIpc) is 2.50. The molecule has 2 aromatic rings. The zero-order valence-corrected chi connectivity index (χ0v) is 10.9. The minimum atomic E-state index is 0.451. The molecular formula is C16H18N2O. The topological polar surface area (TPSA) is 34.1 Å². The number of nitrogens with one attached hydrogen (secondary N) is 1. The molecule has 0 saturated carbocycles. The first kappa shape index (κ1) is 12.2. The van der Waals surface area contributed by atoms with Gasteiger partial charge in [-0.2, -0.15) is 0 Å². The lowest BCUT2D eigenvalue weighted by molar-refractivity contribution is 0.409. The van der Waals surface area contributed by atoms with Gasteiger partial charge in [-0.25, -0.2) is 4.98 Å². The largest absolute Gasteiger partial charge is 0.439 e. The summed E-state index contributed by atoms with van der Waals surface area (Å²) in [4.78, 5) is 4.39. The molecule has 0 spiro atoms.